The summed E-state index contributed by atoms with van der Waals surface area (Å²) in [7, 11) is 0. The van der Waals surface area contributed by atoms with Crippen LogP contribution in [0.1, 0.15) is 30.9 Å². The van der Waals surface area contributed by atoms with Gasteiger partial charge in [-0.2, -0.15) is 13.2 Å². The lowest BCUT2D eigenvalue weighted by atomic mass is 9.92. The van der Waals surface area contributed by atoms with E-state index in [0.29, 0.717) is 44.6 Å². The lowest BCUT2D eigenvalue weighted by molar-refractivity contribution is -0.140. The molecule has 2 amide bonds. The fourth-order valence-electron chi connectivity index (χ4n) is 3.27. The molecule has 2 aliphatic rings. The van der Waals surface area contributed by atoms with Gasteiger partial charge in [-0.05, 0) is 24.5 Å². The lowest BCUT2D eigenvalue weighted by Crippen LogP contribution is -2.52. The Hall–Kier alpha value is -2.05. The molecule has 130 valence electrons. The Morgan fingerprint density at radius 2 is 1.62 bits per heavy atom. The molecule has 0 atom stereocenters. The Balaban J connectivity index is 1.77. The summed E-state index contributed by atoms with van der Waals surface area (Å²) in [5.74, 6) is -0.147. The summed E-state index contributed by atoms with van der Waals surface area (Å²) in [6.45, 7) is 3.29. The van der Waals surface area contributed by atoms with Gasteiger partial charge in [0, 0.05) is 33.1 Å². The van der Waals surface area contributed by atoms with Crippen LogP contribution in [0.5, 0.6) is 0 Å². The minimum Gasteiger partial charge on any atom is -0.339 e. The zero-order valence-corrected chi connectivity index (χ0v) is 13.4. The molecule has 0 radical (unpaired) electrons. The molecule has 1 saturated carbocycles. The van der Waals surface area contributed by atoms with Crippen molar-refractivity contribution in [3.05, 3.63) is 35.4 Å². The average molecular weight is 340 g/mol. The number of rotatable bonds is 2. The normalized spacial score (nSPS) is 20.0. The van der Waals surface area contributed by atoms with E-state index < -0.39 is 17.2 Å². The zero-order valence-electron chi connectivity index (χ0n) is 13.4. The Kier molecular flexibility index (Phi) is 4.05. The quantitative estimate of drug-likeness (QED) is 0.830. The maximum absolute atomic E-state index is 12.9. The predicted molar refractivity (Wildman–Crippen MR) is 81.2 cm³/mol. The van der Waals surface area contributed by atoms with Gasteiger partial charge < -0.3 is 9.80 Å². The van der Waals surface area contributed by atoms with Crippen LogP contribution >= 0.6 is 0 Å². The number of carbonyl (C=O) groups is 2. The molecule has 0 aromatic heterocycles. The molecule has 0 spiro atoms. The fourth-order valence-corrected chi connectivity index (χ4v) is 3.27. The number of halogens is 3. The Bertz CT molecular complexity index is 660. The van der Waals surface area contributed by atoms with Crippen molar-refractivity contribution in [2.75, 3.05) is 26.2 Å². The second-order valence-corrected chi connectivity index (χ2v) is 6.46. The first-order chi connectivity index (χ1) is 11.2. The molecule has 1 aromatic rings. The summed E-state index contributed by atoms with van der Waals surface area (Å²) in [6, 6.07) is 5.08. The molecule has 2 fully saturated rings. The van der Waals surface area contributed by atoms with E-state index in [-0.39, 0.29) is 11.8 Å². The van der Waals surface area contributed by atoms with Gasteiger partial charge in [0.1, 0.15) is 0 Å². The number of alkyl halides is 3. The van der Waals surface area contributed by atoms with Gasteiger partial charge in [0.15, 0.2) is 0 Å². The highest BCUT2D eigenvalue weighted by molar-refractivity contribution is 5.91. The van der Waals surface area contributed by atoms with E-state index in [4.69, 9.17) is 0 Å². The van der Waals surface area contributed by atoms with Crippen LogP contribution in [0, 0.1) is 0 Å². The average Bonchev–Trinajstić information content (AvgIpc) is 3.35. The molecule has 0 N–H and O–H groups in total. The van der Waals surface area contributed by atoms with Crippen molar-refractivity contribution in [2.45, 2.75) is 31.4 Å². The largest absolute Gasteiger partial charge is 0.416 e. The summed E-state index contributed by atoms with van der Waals surface area (Å²) in [6.07, 6.45) is -3.28. The third-order valence-electron chi connectivity index (χ3n) is 4.91. The predicted octanol–water partition coefficient (Wildman–Crippen LogP) is 2.43. The van der Waals surface area contributed by atoms with Crippen LogP contribution in [0.3, 0.4) is 0 Å². The number of amides is 2. The van der Waals surface area contributed by atoms with Crippen LogP contribution in [0.15, 0.2) is 24.3 Å². The topological polar surface area (TPSA) is 40.6 Å². The van der Waals surface area contributed by atoms with Crippen LogP contribution in [-0.2, 0) is 21.2 Å². The van der Waals surface area contributed by atoms with Gasteiger partial charge in [0.2, 0.25) is 11.8 Å². The van der Waals surface area contributed by atoms with Crippen molar-refractivity contribution >= 4 is 11.8 Å². The van der Waals surface area contributed by atoms with Gasteiger partial charge in [-0.3, -0.25) is 9.59 Å². The second-order valence-electron chi connectivity index (χ2n) is 6.46. The SMILES string of the molecule is CC(=O)N1CCN(C(=O)C2(c3cccc(C(F)(F)F)c3)CC2)CC1. The number of benzene rings is 1. The number of piperazine rings is 1. The molecule has 0 unspecified atom stereocenters. The standard InChI is InChI=1S/C17H19F3N2O2/c1-12(23)21-7-9-22(10-8-21)15(24)16(5-6-16)13-3-2-4-14(11-13)17(18,19)20/h2-4,11H,5-10H2,1H3. The maximum Gasteiger partial charge on any atom is 0.416 e. The van der Waals surface area contributed by atoms with Crippen LogP contribution in [0.25, 0.3) is 0 Å². The molecule has 1 heterocycles. The Labute approximate surface area is 138 Å². The Morgan fingerprint density at radius 1 is 1.04 bits per heavy atom. The third-order valence-corrected chi connectivity index (χ3v) is 4.91. The molecule has 1 aliphatic carbocycles. The molecule has 4 nitrogen and oxygen atoms in total. The first-order valence-corrected chi connectivity index (χ1v) is 7.97. The molecule has 7 heteroatoms. The number of carbonyl (C=O) groups excluding carboxylic acids is 2. The molecule has 24 heavy (non-hydrogen) atoms. The molecule has 1 aliphatic heterocycles. The van der Waals surface area contributed by atoms with Gasteiger partial charge in [-0.25, -0.2) is 0 Å². The van der Waals surface area contributed by atoms with Crippen LogP contribution < -0.4 is 0 Å². The van der Waals surface area contributed by atoms with Gasteiger partial charge >= 0.3 is 6.18 Å². The van der Waals surface area contributed by atoms with Crippen LogP contribution in [0.2, 0.25) is 0 Å². The van der Waals surface area contributed by atoms with Gasteiger partial charge in [-0.1, -0.05) is 18.2 Å². The first kappa shape index (κ1) is 16.8. The van der Waals surface area contributed by atoms with Crippen molar-refractivity contribution in [1.29, 1.82) is 0 Å². The monoisotopic (exact) mass is 340 g/mol. The summed E-state index contributed by atoms with van der Waals surface area (Å²) in [4.78, 5) is 27.6. The van der Waals surface area contributed by atoms with Gasteiger partial charge in [0.25, 0.3) is 0 Å². The summed E-state index contributed by atoms with van der Waals surface area (Å²) in [5.41, 5.74) is -1.10. The highest BCUT2D eigenvalue weighted by atomic mass is 19.4. The van der Waals surface area contributed by atoms with E-state index >= 15 is 0 Å². The highest BCUT2D eigenvalue weighted by Gasteiger charge is 2.53. The minimum atomic E-state index is -4.41. The van der Waals surface area contributed by atoms with Gasteiger partial charge in [0.05, 0.1) is 11.0 Å². The molecule has 3 rings (SSSR count). The summed E-state index contributed by atoms with van der Waals surface area (Å²) in [5, 5.41) is 0. The molecule has 1 saturated heterocycles. The maximum atomic E-state index is 12.9. The van der Waals surface area contributed by atoms with Crippen LogP contribution in [0.4, 0.5) is 13.2 Å². The van der Waals surface area contributed by atoms with Crippen molar-refractivity contribution in [2.24, 2.45) is 0 Å². The lowest BCUT2D eigenvalue weighted by Gasteiger charge is -2.36. The molecule has 0 bridgehead atoms. The fraction of sp³-hybridized carbons (Fsp3) is 0.529. The number of hydrogen-bond acceptors (Lipinski definition) is 2. The van der Waals surface area contributed by atoms with Crippen molar-refractivity contribution in [3.8, 4) is 0 Å². The van der Waals surface area contributed by atoms with Crippen molar-refractivity contribution in [1.82, 2.24) is 9.80 Å². The summed E-state index contributed by atoms with van der Waals surface area (Å²) < 4.78 is 38.8. The van der Waals surface area contributed by atoms with E-state index in [1.54, 1.807) is 15.9 Å². The number of nitrogens with zero attached hydrogens (tertiary/aromatic N) is 2. The molecular formula is C17H19F3N2O2. The highest BCUT2D eigenvalue weighted by Crippen LogP contribution is 2.50. The number of hydrogen-bond donors (Lipinski definition) is 0. The smallest absolute Gasteiger partial charge is 0.339 e. The first-order valence-electron chi connectivity index (χ1n) is 7.97. The molecule has 1 aromatic carbocycles. The third kappa shape index (κ3) is 2.99. The van der Waals surface area contributed by atoms with E-state index in [1.807, 2.05) is 0 Å². The summed E-state index contributed by atoms with van der Waals surface area (Å²) >= 11 is 0. The van der Waals surface area contributed by atoms with Crippen molar-refractivity contribution < 1.29 is 22.8 Å². The van der Waals surface area contributed by atoms with Gasteiger partial charge in [-0.15, -0.1) is 0 Å². The van der Waals surface area contributed by atoms with Crippen LogP contribution in [-0.4, -0.2) is 47.8 Å². The molecular weight excluding hydrogens is 321 g/mol. The minimum absolute atomic E-state index is 0.0267. The van der Waals surface area contributed by atoms with E-state index in [9.17, 15) is 22.8 Å². The van der Waals surface area contributed by atoms with E-state index in [2.05, 4.69) is 0 Å². The zero-order chi connectivity index (χ0) is 17.5. The van der Waals surface area contributed by atoms with E-state index in [0.717, 1.165) is 12.1 Å². The van der Waals surface area contributed by atoms with Crippen molar-refractivity contribution in [3.63, 3.8) is 0 Å². The second kappa shape index (κ2) is 5.79. The Morgan fingerprint density at radius 3 is 2.12 bits per heavy atom. The van der Waals surface area contributed by atoms with E-state index in [1.165, 1.54) is 13.0 Å².